The number of carbonyl (C=O) groups excluding carboxylic acids is 2. The summed E-state index contributed by atoms with van der Waals surface area (Å²) < 4.78 is 5.51. The fraction of sp³-hybridized carbons (Fsp3) is 0.333. The van der Waals surface area contributed by atoms with Crippen molar-refractivity contribution in [2.24, 2.45) is 0 Å². The Morgan fingerprint density at radius 3 is 2.88 bits per heavy atom. The summed E-state index contributed by atoms with van der Waals surface area (Å²) in [6.07, 6.45) is 0.188. The highest BCUT2D eigenvalue weighted by molar-refractivity contribution is 9.10. The molecule has 4 nitrogen and oxygen atoms in total. The first-order chi connectivity index (χ1) is 8.04. The second-order valence-corrected chi connectivity index (χ2v) is 4.86. The van der Waals surface area contributed by atoms with Gasteiger partial charge in [-0.1, -0.05) is 22.0 Å². The summed E-state index contributed by atoms with van der Waals surface area (Å²) in [6, 6.07) is 5.30. The Kier molecular flexibility index (Phi) is 3.19. The van der Waals surface area contributed by atoms with Crippen LogP contribution in [-0.2, 0) is 9.53 Å². The topological polar surface area (TPSA) is 46.6 Å². The fourth-order valence-electron chi connectivity index (χ4n) is 2.03. The van der Waals surface area contributed by atoms with Gasteiger partial charge in [-0.25, -0.2) is 0 Å². The predicted octanol–water partition coefficient (Wildman–Crippen LogP) is 2.14. The molecule has 0 fully saturated rings. The van der Waals surface area contributed by atoms with Crippen molar-refractivity contribution in [2.75, 3.05) is 14.2 Å². The number of methoxy groups -OCH3 is 1. The number of nitrogens with zero attached hydrogens (tertiary/aromatic N) is 1. The number of hydrogen-bond acceptors (Lipinski definition) is 3. The highest BCUT2D eigenvalue weighted by atomic mass is 79.9. The molecule has 0 bridgehead atoms. The van der Waals surface area contributed by atoms with Gasteiger partial charge in [0.05, 0.1) is 19.6 Å². The number of rotatable bonds is 2. The number of halogens is 1. The smallest absolute Gasteiger partial charge is 0.307 e. The van der Waals surface area contributed by atoms with Crippen LogP contribution in [0.4, 0.5) is 0 Å². The summed E-state index contributed by atoms with van der Waals surface area (Å²) >= 11 is 3.33. The predicted molar refractivity (Wildman–Crippen MR) is 65.6 cm³/mol. The van der Waals surface area contributed by atoms with E-state index >= 15 is 0 Å². The minimum absolute atomic E-state index is 0.0600. The first-order valence-electron chi connectivity index (χ1n) is 5.18. The van der Waals surface area contributed by atoms with Gasteiger partial charge >= 0.3 is 5.97 Å². The minimum atomic E-state index is -0.314. The fourth-order valence-corrected chi connectivity index (χ4v) is 2.39. The molecular formula is C12H12BrNO3. The Balaban J connectivity index is 2.38. The summed E-state index contributed by atoms with van der Waals surface area (Å²) in [5, 5.41) is 0. The van der Waals surface area contributed by atoms with E-state index < -0.39 is 0 Å². The van der Waals surface area contributed by atoms with Crippen LogP contribution in [0.5, 0.6) is 0 Å². The van der Waals surface area contributed by atoms with Gasteiger partial charge in [0.15, 0.2) is 0 Å². The van der Waals surface area contributed by atoms with Crippen LogP contribution in [0, 0.1) is 0 Å². The second-order valence-electron chi connectivity index (χ2n) is 3.94. The molecule has 1 atom stereocenters. The zero-order chi connectivity index (χ0) is 12.6. The lowest BCUT2D eigenvalue weighted by Gasteiger charge is -2.19. The van der Waals surface area contributed by atoms with Gasteiger partial charge in [-0.2, -0.15) is 0 Å². The third-order valence-electron chi connectivity index (χ3n) is 2.98. The van der Waals surface area contributed by atoms with E-state index in [0.717, 1.165) is 10.0 Å². The average molecular weight is 298 g/mol. The third kappa shape index (κ3) is 2.07. The second kappa shape index (κ2) is 4.49. The Morgan fingerprint density at radius 2 is 2.24 bits per heavy atom. The number of amides is 1. The van der Waals surface area contributed by atoms with Crippen molar-refractivity contribution in [3.05, 3.63) is 33.8 Å². The normalized spacial score (nSPS) is 18.2. The summed E-state index contributed by atoms with van der Waals surface area (Å²) in [5.41, 5.74) is 1.53. The van der Waals surface area contributed by atoms with E-state index in [1.165, 1.54) is 7.11 Å². The Morgan fingerprint density at radius 1 is 1.53 bits per heavy atom. The lowest BCUT2D eigenvalue weighted by atomic mass is 10.0. The van der Waals surface area contributed by atoms with Gasteiger partial charge in [-0.3, -0.25) is 9.59 Å². The molecule has 17 heavy (non-hydrogen) atoms. The minimum Gasteiger partial charge on any atom is -0.469 e. The molecule has 0 saturated carbocycles. The Hall–Kier alpha value is -1.36. The van der Waals surface area contributed by atoms with Gasteiger partial charge in [0.25, 0.3) is 5.91 Å². The maximum atomic E-state index is 12.0. The molecule has 0 N–H and O–H groups in total. The Labute approximate surface area is 108 Å². The number of ether oxygens (including phenoxy) is 1. The standard InChI is InChI=1S/C12H12BrNO3/c1-14-10(6-11(15)17-2)8-4-3-7(13)5-9(8)12(14)16/h3-5,10H,6H2,1-2H3/t10-/m0/s1. The number of fused-ring (bicyclic) bond motifs is 1. The van der Waals surface area contributed by atoms with E-state index in [4.69, 9.17) is 0 Å². The van der Waals surface area contributed by atoms with Crippen LogP contribution in [0.15, 0.2) is 22.7 Å². The van der Waals surface area contributed by atoms with E-state index in [1.54, 1.807) is 18.0 Å². The van der Waals surface area contributed by atoms with Crippen molar-refractivity contribution in [2.45, 2.75) is 12.5 Å². The monoisotopic (exact) mass is 297 g/mol. The molecule has 5 heteroatoms. The number of esters is 1. The molecule has 0 aromatic heterocycles. The van der Waals surface area contributed by atoms with E-state index in [-0.39, 0.29) is 24.3 Å². The van der Waals surface area contributed by atoms with E-state index in [0.29, 0.717) is 5.56 Å². The molecule has 0 radical (unpaired) electrons. The van der Waals surface area contributed by atoms with Gasteiger partial charge in [0.2, 0.25) is 0 Å². The van der Waals surface area contributed by atoms with Crippen molar-refractivity contribution in [1.29, 1.82) is 0 Å². The summed E-state index contributed by atoms with van der Waals surface area (Å²) in [7, 11) is 3.05. The van der Waals surface area contributed by atoms with Crippen LogP contribution in [-0.4, -0.2) is 30.9 Å². The molecule has 1 aromatic rings. The summed E-state index contributed by atoms with van der Waals surface area (Å²) in [5.74, 6) is -0.374. The maximum absolute atomic E-state index is 12.0. The van der Waals surface area contributed by atoms with Crippen molar-refractivity contribution in [3.8, 4) is 0 Å². The molecule has 90 valence electrons. The van der Waals surface area contributed by atoms with Crippen LogP contribution >= 0.6 is 15.9 Å². The molecular weight excluding hydrogens is 286 g/mol. The summed E-state index contributed by atoms with van der Waals surface area (Å²) in [4.78, 5) is 24.9. The largest absolute Gasteiger partial charge is 0.469 e. The SMILES string of the molecule is COC(=O)C[C@H]1c2ccc(Br)cc2C(=O)N1C. The molecule has 2 rings (SSSR count). The van der Waals surface area contributed by atoms with E-state index in [2.05, 4.69) is 20.7 Å². The zero-order valence-corrected chi connectivity index (χ0v) is 11.2. The van der Waals surface area contributed by atoms with Gasteiger partial charge < -0.3 is 9.64 Å². The van der Waals surface area contributed by atoms with Gasteiger partial charge in [-0.05, 0) is 17.7 Å². The van der Waals surface area contributed by atoms with Gasteiger partial charge in [0.1, 0.15) is 0 Å². The maximum Gasteiger partial charge on any atom is 0.307 e. The average Bonchev–Trinajstić information content (AvgIpc) is 2.54. The lowest BCUT2D eigenvalue weighted by molar-refractivity contribution is -0.141. The van der Waals surface area contributed by atoms with Crippen molar-refractivity contribution < 1.29 is 14.3 Å². The molecule has 1 amide bonds. The first-order valence-corrected chi connectivity index (χ1v) is 5.97. The van der Waals surface area contributed by atoms with Crippen LogP contribution in [0.25, 0.3) is 0 Å². The Bertz CT molecular complexity index is 487. The molecule has 1 aromatic carbocycles. The number of carbonyl (C=O) groups is 2. The highest BCUT2D eigenvalue weighted by Crippen LogP contribution is 2.36. The molecule has 0 saturated heterocycles. The zero-order valence-electron chi connectivity index (χ0n) is 9.57. The van der Waals surface area contributed by atoms with Gasteiger partial charge in [0, 0.05) is 17.1 Å². The number of hydrogen-bond donors (Lipinski definition) is 0. The first kappa shape index (κ1) is 12.1. The van der Waals surface area contributed by atoms with Crippen molar-refractivity contribution in [1.82, 2.24) is 4.90 Å². The van der Waals surface area contributed by atoms with Crippen LogP contribution in [0.3, 0.4) is 0 Å². The molecule has 1 heterocycles. The summed E-state index contributed by atoms with van der Waals surface area (Å²) in [6.45, 7) is 0. The third-order valence-corrected chi connectivity index (χ3v) is 3.47. The quantitative estimate of drug-likeness (QED) is 0.786. The van der Waals surface area contributed by atoms with Crippen molar-refractivity contribution in [3.63, 3.8) is 0 Å². The molecule has 0 spiro atoms. The van der Waals surface area contributed by atoms with E-state index in [1.807, 2.05) is 12.1 Å². The van der Waals surface area contributed by atoms with Gasteiger partial charge in [-0.15, -0.1) is 0 Å². The van der Waals surface area contributed by atoms with Crippen LogP contribution in [0.1, 0.15) is 28.4 Å². The molecule has 0 unspecified atom stereocenters. The van der Waals surface area contributed by atoms with Crippen LogP contribution in [0.2, 0.25) is 0 Å². The lowest BCUT2D eigenvalue weighted by Crippen LogP contribution is -2.25. The molecule has 1 aliphatic rings. The molecule has 1 aliphatic heterocycles. The van der Waals surface area contributed by atoms with Crippen LogP contribution < -0.4 is 0 Å². The number of benzene rings is 1. The highest BCUT2D eigenvalue weighted by Gasteiger charge is 2.35. The van der Waals surface area contributed by atoms with E-state index in [9.17, 15) is 9.59 Å². The van der Waals surface area contributed by atoms with Crippen molar-refractivity contribution >= 4 is 27.8 Å². The molecule has 0 aliphatic carbocycles.